The van der Waals surface area contributed by atoms with Gasteiger partial charge >= 0.3 is 0 Å². The van der Waals surface area contributed by atoms with Crippen molar-refractivity contribution in [2.75, 3.05) is 20.1 Å². The molecule has 1 N–H and O–H groups in total. The Morgan fingerprint density at radius 1 is 1.13 bits per heavy atom. The van der Waals surface area contributed by atoms with Crippen LogP contribution in [0, 0.1) is 5.92 Å². The van der Waals surface area contributed by atoms with Gasteiger partial charge in [-0.05, 0) is 39.3 Å². The van der Waals surface area contributed by atoms with Crippen LogP contribution in [0.25, 0.3) is 0 Å². The van der Waals surface area contributed by atoms with Crippen molar-refractivity contribution in [2.45, 2.75) is 59.5 Å². The molecule has 0 saturated heterocycles. The molecular formula is C13H30N2. The molecule has 0 fully saturated rings. The van der Waals surface area contributed by atoms with Crippen molar-refractivity contribution in [2.24, 2.45) is 5.92 Å². The van der Waals surface area contributed by atoms with Gasteiger partial charge in [0, 0.05) is 18.6 Å². The fourth-order valence-corrected chi connectivity index (χ4v) is 2.02. The zero-order chi connectivity index (χ0) is 11.8. The molecule has 0 aliphatic carbocycles. The summed E-state index contributed by atoms with van der Waals surface area (Å²) in [5, 5.41) is 3.53. The number of nitrogens with one attached hydrogen (secondary N) is 1. The van der Waals surface area contributed by atoms with Crippen LogP contribution in [0.15, 0.2) is 0 Å². The zero-order valence-corrected chi connectivity index (χ0v) is 11.5. The lowest BCUT2D eigenvalue weighted by atomic mass is 10.0. The summed E-state index contributed by atoms with van der Waals surface area (Å²) in [5.74, 6) is 0.793. The van der Waals surface area contributed by atoms with E-state index in [0.717, 1.165) is 19.0 Å². The molecule has 92 valence electrons. The minimum Gasteiger partial charge on any atom is -0.313 e. The molecule has 0 radical (unpaired) electrons. The van der Waals surface area contributed by atoms with Crippen LogP contribution >= 0.6 is 0 Å². The van der Waals surface area contributed by atoms with Crippen LogP contribution in [0.2, 0.25) is 0 Å². The monoisotopic (exact) mass is 214 g/mol. The molecule has 0 spiro atoms. The van der Waals surface area contributed by atoms with Crippen molar-refractivity contribution in [3.05, 3.63) is 0 Å². The SMILES string of the molecule is CCNC(CC)CN(C)C(C)CC(C)C. The molecule has 0 bridgehead atoms. The van der Waals surface area contributed by atoms with Crippen molar-refractivity contribution in [3.8, 4) is 0 Å². The van der Waals surface area contributed by atoms with E-state index in [-0.39, 0.29) is 0 Å². The summed E-state index contributed by atoms with van der Waals surface area (Å²) in [6.07, 6.45) is 2.51. The molecule has 0 heterocycles. The van der Waals surface area contributed by atoms with Crippen LogP contribution in [-0.4, -0.2) is 37.1 Å². The molecule has 0 amide bonds. The van der Waals surface area contributed by atoms with Gasteiger partial charge in [-0.3, -0.25) is 0 Å². The van der Waals surface area contributed by atoms with Crippen LogP contribution < -0.4 is 5.32 Å². The second kappa shape index (κ2) is 8.12. The van der Waals surface area contributed by atoms with E-state index in [9.17, 15) is 0 Å². The fourth-order valence-electron chi connectivity index (χ4n) is 2.02. The highest BCUT2D eigenvalue weighted by molar-refractivity contribution is 4.72. The molecule has 2 heteroatoms. The van der Waals surface area contributed by atoms with E-state index in [2.05, 4.69) is 51.9 Å². The topological polar surface area (TPSA) is 15.3 Å². The molecule has 0 aromatic rings. The summed E-state index contributed by atoms with van der Waals surface area (Å²) in [5.41, 5.74) is 0. The minimum absolute atomic E-state index is 0.648. The Kier molecular flexibility index (Phi) is 8.07. The number of likely N-dealkylation sites (N-methyl/N-ethyl adjacent to an activating group) is 2. The van der Waals surface area contributed by atoms with Crippen molar-refractivity contribution in [1.29, 1.82) is 0 Å². The maximum Gasteiger partial charge on any atom is 0.0192 e. The normalized spacial score (nSPS) is 16.0. The standard InChI is InChI=1S/C13H30N2/c1-7-13(14-8-2)10-15(6)12(5)9-11(3)4/h11-14H,7-10H2,1-6H3. The Morgan fingerprint density at radius 2 is 1.73 bits per heavy atom. The van der Waals surface area contributed by atoms with Crippen LogP contribution in [0.1, 0.15) is 47.5 Å². The van der Waals surface area contributed by atoms with Crippen molar-refractivity contribution in [1.82, 2.24) is 10.2 Å². The second-order valence-corrected chi connectivity index (χ2v) is 5.08. The predicted molar refractivity (Wildman–Crippen MR) is 69.3 cm³/mol. The summed E-state index contributed by atoms with van der Waals surface area (Å²) in [7, 11) is 2.24. The van der Waals surface area contributed by atoms with Gasteiger partial charge in [-0.1, -0.05) is 27.7 Å². The lowest BCUT2D eigenvalue weighted by Gasteiger charge is -2.30. The molecule has 0 rings (SSSR count). The Balaban J connectivity index is 3.91. The quantitative estimate of drug-likeness (QED) is 0.668. The van der Waals surface area contributed by atoms with Gasteiger partial charge in [-0.2, -0.15) is 0 Å². The van der Waals surface area contributed by atoms with Crippen LogP contribution in [0.5, 0.6) is 0 Å². The first-order valence-electron chi connectivity index (χ1n) is 6.44. The molecule has 2 unspecified atom stereocenters. The Hall–Kier alpha value is -0.0800. The van der Waals surface area contributed by atoms with Gasteiger partial charge in [0.15, 0.2) is 0 Å². The average molecular weight is 214 g/mol. The third-order valence-electron chi connectivity index (χ3n) is 3.06. The first-order valence-corrected chi connectivity index (χ1v) is 6.44. The van der Waals surface area contributed by atoms with Crippen molar-refractivity contribution in [3.63, 3.8) is 0 Å². The average Bonchev–Trinajstić information content (AvgIpc) is 2.15. The Labute approximate surface area is 96.4 Å². The van der Waals surface area contributed by atoms with Gasteiger partial charge in [0.05, 0.1) is 0 Å². The minimum atomic E-state index is 0.648. The smallest absolute Gasteiger partial charge is 0.0192 e. The molecule has 0 aromatic heterocycles. The van der Waals surface area contributed by atoms with Gasteiger partial charge in [-0.25, -0.2) is 0 Å². The highest BCUT2D eigenvalue weighted by atomic mass is 15.1. The first kappa shape index (κ1) is 14.9. The lowest BCUT2D eigenvalue weighted by Crippen LogP contribution is -2.42. The number of hydrogen-bond donors (Lipinski definition) is 1. The van der Waals surface area contributed by atoms with Gasteiger partial charge in [-0.15, -0.1) is 0 Å². The highest BCUT2D eigenvalue weighted by Crippen LogP contribution is 2.10. The zero-order valence-electron chi connectivity index (χ0n) is 11.5. The van der Waals surface area contributed by atoms with Crippen molar-refractivity contribution < 1.29 is 0 Å². The molecule has 0 aromatic carbocycles. The molecule has 0 aliphatic heterocycles. The summed E-state index contributed by atoms with van der Waals surface area (Å²) >= 11 is 0. The molecule has 0 saturated carbocycles. The number of nitrogens with zero attached hydrogens (tertiary/aromatic N) is 1. The van der Waals surface area contributed by atoms with E-state index >= 15 is 0 Å². The highest BCUT2D eigenvalue weighted by Gasteiger charge is 2.14. The second-order valence-electron chi connectivity index (χ2n) is 5.08. The van der Waals surface area contributed by atoms with E-state index < -0.39 is 0 Å². The van der Waals surface area contributed by atoms with Gasteiger partial charge in [0.1, 0.15) is 0 Å². The largest absolute Gasteiger partial charge is 0.313 e. The molecule has 15 heavy (non-hydrogen) atoms. The maximum absolute atomic E-state index is 3.53. The summed E-state index contributed by atoms with van der Waals surface area (Å²) < 4.78 is 0. The van der Waals surface area contributed by atoms with E-state index in [4.69, 9.17) is 0 Å². The molecule has 2 nitrogen and oxygen atoms in total. The van der Waals surface area contributed by atoms with Gasteiger partial charge in [0.2, 0.25) is 0 Å². The van der Waals surface area contributed by atoms with E-state index in [0.29, 0.717) is 12.1 Å². The lowest BCUT2D eigenvalue weighted by molar-refractivity contribution is 0.204. The molecule has 2 atom stereocenters. The van der Waals surface area contributed by atoms with Gasteiger partial charge < -0.3 is 10.2 Å². The number of rotatable bonds is 8. The summed E-state index contributed by atoms with van der Waals surface area (Å²) in [6.45, 7) is 13.6. The third kappa shape index (κ3) is 6.91. The van der Waals surface area contributed by atoms with Gasteiger partial charge in [0.25, 0.3) is 0 Å². The maximum atomic E-state index is 3.53. The van der Waals surface area contributed by atoms with Crippen LogP contribution in [0.3, 0.4) is 0 Å². The van der Waals surface area contributed by atoms with Crippen LogP contribution in [0.4, 0.5) is 0 Å². The molecular weight excluding hydrogens is 184 g/mol. The predicted octanol–water partition coefficient (Wildman–Crippen LogP) is 2.74. The van der Waals surface area contributed by atoms with E-state index in [1.165, 1.54) is 12.8 Å². The van der Waals surface area contributed by atoms with Crippen LogP contribution in [-0.2, 0) is 0 Å². The third-order valence-corrected chi connectivity index (χ3v) is 3.06. The first-order chi connectivity index (χ1) is 7.01. The van der Waals surface area contributed by atoms with E-state index in [1.54, 1.807) is 0 Å². The van der Waals surface area contributed by atoms with E-state index in [1.807, 2.05) is 0 Å². The molecule has 0 aliphatic rings. The Morgan fingerprint density at radius 3 is 2.13 bits per heavy atom. The fraction of sp³-hybridized carbons (Fsp3) is 1.00. The Bertz CT molecular complexity index is 145. The summed E-state index contributed by atoms with van der Waals surface area (Å²) in [4.78, 5) is 2.48. The summed E-state index contributed by atoms with van der Waals surface area (Å²) in [6, 6.07) is 1.34. The van der Waals surface area contributed by atoms with Crippen molar-refractivity contribution >= 4 is 0 Å². The number of hydrogen-bond acceptors (Lipinski definition) is 2.